The first-order chi connectivity index (χ1) is 14.2. The van der Waals surface area contributed by atoms with E-state index in [0.29, 0.717) is 47.2 Å². The van der Waals surface area contributed by atoms with Gasteiger partial charge in [0.15, 0.2) is 5.82 Å². The summed E-state index contributed by atoms with van der Waals surface area (Å²) >= 11 is 0. The molecular weight excluding hydrogens is 370 g/mol. The molecule has 1 aliphatic heterocycles. The van der Waals surface area contributed by atoms with E-state index in [9.17, 15) is 4.79 Å². The zero-order chi connectivity index (χ0) is 20.0. The van der Waals surface area contributed by atoms with Crippen molar-refractivity contribution in [2.75, 3.05) is 19.5 Å². The van der Waals surface area contributed by atoms with E-state index in [1.165, 1.54) is 0 Å². The number of anilines is 1. The van der Waals surface area contributed by atoms with E-state index in [4.69, 9.17) is 24.6 Å². The van der Waals surface area contributed by atoms with Crippen molar-refractivity contribution in [3.05, 3.63) is 64.5 Å². The van der Waals surface area contributed by atoms with Crippen molar-refractivity contribution in [2.45, 2.75) is 6.42 Å². The molecular formula is C22H17N3O4. The van der Waals surface area contributed by atoms with Crippen LogP contribution < -0.4 is 20.8 Å². The average molecular weight is 387 g/mol. The number of rotatable bonds is 2. The molecule has 7 heteroatoms. The smallest absolute Gasteiger partial charge is 0.349 e. The molecule has 0 amide bonds. The number of hydrogen-bond acceptors (Lipinski definition) is 7. The number of nitrogens with zero attached hydrogens (tertiary/aromatic N) is 2. The Balaban J connectivity index is 1.85. The van der Waals surface area contributed by atoms with Crippen molar-refractivity contribution >= 4 is 16.7 Å². The molecule has 5 rings (SSSR count). The first-order valence-electron chi connectivity index (χ1n) is 9.15. The summed E-state index contributed by atoms with van der Waals surface area (Å²) in [5.74, 6) is 2.24. The molecule has 0 saturated carbocycles. The molecule has 0 unspecified atom stereocenters. The highest BCUT2D eigenvalue weighted by Crippen LogP contribution is 2.39. The summed E-state index contributed by atoms with van der Waals surface area (Å²) < 4.78 is 16.9. The second kappa shape index (κ2) is 6.63. The zero-order valence-corrected chi connectivity index (χ0v) is 15.6. The summed E-state index contributed by atoms with van der Waals surface area (Å²) in [5, 5.41) is 0.190. The summed E-state index contributed by atoms with van der Waals surface area (Å²) in [6.07, 6.45) is 0.511. The van der Waals surface area contributed by atoms with Crippen LogP contribution in [-0.4, -0.2) is 23.7 Å². The van der Waals surface area contributed by atoms with E-state index in [1.54, 1.807) is 25.3 Å². The molecule has 0 spiro atoms. The van der Waals surface area contributed by atoms with E-state index >= 15 is 0 Å². The molecule has 0 atom stereocenters. The number of fused-ring (bicyclic) bond motifs is 5. The second-order valence-electron chi connectivity index (χ2n) is 6.68. The van der Waals surface area contributed by atoms with E-state index < -0.39 is 5.63 Å². The van der Waals surface area contributed by atoms with Gasteiger partial charge in [0, 0.05) is 17.5 Å². The SMILES string of the molecule is COc1ccc2c(c1)-c1oc(=O)c3c(N)nc(-c4ccccc4)nc3c1CCO2. The molecule has 2 aromatic heterocycles. The monoisotopic (exact) mass is 387 g/mol. The summed E-state index contributed by atoms with van der Waals surface area (Å²) in [6, 6.07) is 14.9. The van der Waals surface area contributed by atoms with Crippen LogP contribution in [0.2, 0.25) is 0 Å². The number of ether oxygens (including phenoxy) is 2. The van der Waals surface area contributed by atoms with Crippen molar-refractivity contribution in [3.8, 4) is 34.2 Å². The predicted octanol–water partition coefficient (Wildman–Crippen LogP) is 3.44. The topological polar surface area (TPSA) is 100 Å². The van der Waals surface area contributed by atoms with Gasteiger partial charge in [-0.05, 0) is 18.2 Å². The predicted molar refractivity (Wildman–Crippen MR) is 109 cm³/mol. The van der Waals surface area contributed by atoms with Crippen molar-refractivity contribution < 1.29 is 13.9 Å². The van der Waals surface area contributed by atoms with Gasteiger partial charge in [0.05, 0.1) is 24.8 Å². The van der Waals surface area contributed by atoms with E-state index in [-0.39, 0.29) is 11.2 Å². The Morgan fingerprint density at radius 2 is 1.93 bits per heavy atom. The van der Waals surface area contributed by atoms with Crippen molar-refractivity contribution in [1.82, 2.24) is 9.97 Å². The molecule has 4 aromatic rings. The van der Waals surface area contributed by atoms with Gasteiger partial charge in [-0.1, -0.05) is 30.3 Å². The van der Waals surface area contributed by atoms with Crippen LogP contribution in [0.4, 0.5) is 5.82 Å². The standard InChI is InChI=1S/C22H17N3O4/c1-27-13-7-8-16-15(11-13)19-14(9-10-28-16)18-17(22(26)29-19)20(23)25-21(24-18)12-5-3-2-4-6-12/h2-8,11H,9-10H2,1H3,(H2,23,24,25). The van der Waals surface area contributed by atoms with Crippen LogP contribution in [0, 0.1) is 0 Å². The molecule has 0 saturated heterocycles. The molecule has 3 heterocycles. The second-order valence-corrected chi connectivity index (χ2v) is 6.68. The Hall–Kier alpha value is -3.87. The normalized spacial score (nSPS) is 12.6. The van der Waals surface area contributed by atoms with Crippen LogP contribution in [0.15, 0.2) is 57.7 Å². The van der Waals surface area contributed by atoms with Gasteiger partial charge in [0.25, 0.3) is 0 Å². The lowest BCUT2D eigenvalue weighted by Crippen LogP contribution is -2.11. The Bertz CT molecular complexity index is 1300. The molecule has 0 aliphatic carbocycles. The van der Waals surface area contributed by atoms with Crippen molar-refractivity contribution in [1.29, 1.82) is 0 Å². The molecule has 2 N–H and O–H groups in total. The highest BCUT2D eigenvalue weighted by molar-refractivity contribution is 5.94. The van der Waals surface area contributed by atoms with Gasteiger partial charge < -0.3 is 19.6 Å². The van der Waals surface area contributed by atoms with Gasteiger partial charge in [-0.2, -0.15) is 0 Å². The highest BCUT2D eigenvalue weighted by Gasteiger charge is 2.25. The Kier molecular flexibility index (Phi) is 3.94. The molecule has 144 valence electrons. The molecule has 29 heavy (non-hydrogen) atoms. The van der Waals surface area contributed by atoms with Gasteiger partial charge in [0.1, 0.15) is 28.5 Å². The first-order valence-corrected chi connectivity index (χ1v) is 9.15. The molecule has 0 fully saturated rings. The minimum atomic E-state index is -0.577. The summed E-state index contributed by atoms with van der Waals surface area (Å²) in [4.78, 5) is 21.8. The molecule has 0 bridgehead atoms. The van der Waals surface area contributed by atoms with Crippen LogP contribution in [0.1, 0.15) is 5.56 Å². The Morgan fingerprint density at radius 3 is 2.72 bits per heavy atom. The lowest BCUT2D eigenvalue weighted by Gasteiger charge is -2.11. The Morgan fingerprint density at radius 1 is 1.10 bits per heavy atom. The minimum Gasteiger partial charge on any atom is -0.497 e. The largest absolute Gasteiger partial charge is 0.497 e. The van der Waals surface area contributed by atoms with Gasteiger partial charge in [-0.3, -0.25) is 0 Å². The lowest BCUT2D eigenvalue weighted by atomic mass is 10.0. The third-order valence-electron chi connectivity index (χ3n) is 4.97. The van der Waals surface area contributed by atoms with E-state index in [0.717, 1.165) is 11.1 Å². The van der Waals surface area contributed by atoms with Gasteiger partial charge in [0.2, 0.25) is 0 Å². The maximum absolute atomic E-state index is 12.8. The molecule has 1 aliphatic rings. The number of aromatic nitrogens is 2. The minimum absolute atomic E-state index is 0.0986. The third kappa shape index (κ3) is 2.79. The molecule has 0 radical (unpaired) electrons. The first kappa shape index (κ1) is 17.2. The lowest BCUT2D eigenvalue weighted by molar-refractivity contribution is 0.326. The van der Waals surface area contributed by atoms with Crippen LogP contribution in [0.3, 0.4) is 0 Å². The fourth-order valence-corrected chi connectivity index (χ4v) is 3.58. The quantitative estimate of drug-likeness (QED) is 0.562. The number of hydrogen-bond donors (Lipinski definition) is 1. The average Bonchev–Trinajstić information content (AvgIpc) is 2.93. The van der Waals surface area contributed by atoms with E-state index in [1.807, 2.05) is 30.3 Å². The van der Waals surface area contributed by atoms with Gasteiger partial charge in [-0.25, -0.2) is 14.8 Å². The van der Waals surface area contributed by atoms with Crippen LogP contribution in [-0.2, 0) is 6.42 Å². The molecule has 7 nitrogen and oxygen atoms in total. The molecule has 2 aromatic carbocycles. The number of methoxy groups -OCH3 is 1. The third-order valence-corrected chi connectivity index (χ3v) is 4.97. The van der Waals surface area contributed by atoms with Crippen molar-refractivity contribution in [3.63, 3.8) is 0 Å². The highest BCUT2D eigenvalue weighted by atomic mass is 16.5. The summed E-state index contributed by atoms with van der Waals surface area (Å²) in [5.41, 5.74) is 8.28. The van der Waals surface area contributed by atoms with Crippen molar-refractivity contribution in [2.24, 2.45) is 0 Å². The Labute approximate surface area is 165 Å². The fraction of sp³-hybridized carbons (Fsp3) is 0.136. The van der Waals surface area contributed by atoms with Gasteiger partial charge in [-0.15, -0.1) is 0 Å². The van der Waals surface area contributed by atoms with Crippen LogP contribution in [0.25, 0.3) is 33.6 Å². The maximum Gasteiger partial charge on any atom is 0.349 e. The van der Waals surface area contributed by atoms with Crippen LogP contribution >= 0.6 is 0 Å². The summed E-state index contributed by atoms with van der Waals surface area (Å²) in [7, 11) is 1.58. The number of nitrogens with two attached hydrogens (primary N) is 1. The van der Waals surface area contributed by atoms with Crippen LogP contribution in [0.5, 0.6) is 11.5 Å². The van der Waals surface area contributed by atoms with Gasteiger partial charge >= 0.3 is 5.63 Å². The number of nitrogen functional groups attached to an aromatic ring is 1. The maximum atomic E-state index is 12.8. The summed E-state index contributed by atoms with van der Waals surface area (Å²) in [6.45, 7) is 0.416. The fourth-order valence-electron chi connectivity index (χ4n) is 3.58. The zero-order valence-electron chi connectivity index (χ0n) is 15.6. The number of benzene rings is 2. The van der Waals surface area contributed by atoms with E-state index in [2.05, 4.69) is 4.98 Å².